The minimum absolute atomic E-state index is 0.471. The Kier molecular flexibility index (Phi) is 6.09. The average Bonchev–Trinajstić information content (AvgIpc) is 2.52. The van der Waals surface area contributed by atoms with Gasteiger partial charge < -0.3 is 9.47 Å². The molecule has 0 N–H and O–H groups in total. The molecule has 2 aromatic carbocycles. The second-order valence-corrected chi connectivity index (χ2v) is 5.56. The normalized spacial score (nSPS) is 10.3. The molecule has 2 aromatic rings. The molecule has 0 bridgehead atoms. The van der Waals surface area contributed by atoms with Crippen molar-refractivity contribution in [3.63, 3.8) is 0 Å². The molecule has 0 fully saturated rings. The zero-order valence-electron chi connectivity index (χ0n) is 11.3. The molecule has 20 heavy (non-hydrogen) atoms. The molecule has 0 spiro atoms. The van der Waals surface area contributed by atoms with Gasteiger partial charge in [-0.25, -0.2) is 0 Å². The van der Waals surface area contributed by atoms with Crippen LogP contribution in [0.5, 0.6) is 11.5 Å². The van der Waals surface area contributed by atoms with E-state index >= 15 is 0 Å². The molecule has 0 aliphatic heterocycles. The maximum Gasteiger partial charge on any atom is 0.161 e. The van der Waals surface area contributed by atoms with E-state index in [4.69, 9.17) is 21.1 Å². The molecule has 0 aliphatic carbocycles. The molecule has 106 valence electrons. The highest BCUT2D eigenvalue weighted by atomic mass is 35.5. The van der Waals surface area contributed by atoms with E-state index in [-0.39, 0.29) is 0 Å². The Morgan fingerprint density at radius 3 is 2.55 bits per heavy atom. The lowest BCUT2D eigenvalue weighted by Gasteiger charge is -2.11. The van der Waals surface area contributed by atoms with Crippen LogP contribution in [-0.2, 0) is 5.88 Å². The standard InChI is InChI=1S/C16H17ClO2S/c1-18-15-8-7-13(12-17)11-16(15)19-9-10-20-14-5-3-2-4-6-14/h2-8,11H,9-10,12H2,1H3. The summed E-state index contributed by atoms with van der Waals surface area (Å²) in [6, 6.07) is 16.0. The number of ether oxygens (including phenoxy) is 2. The third-order valence-corrected chi connectivity index (χ3v) is 4.02. The number of halogens is 1. The zero-order valence-corrected chi connectivity index (χ0v) is 12.9. The van der Waals surface area contributed by atoms with Crippen LogP contribution in [0.2, 0.25) is 0 Å². The summed E-state index contributed by atoms with van der Waals surface area (Å²) < 4.78 is 11.1. The van der Waals surface area contributed by atoms with Gasteiger partial charge in [-0.2, -0.15) is 0 Å². The monoisotopic (exact) mass is 308 g/mol. The van der Waals surface area contributed by atoms with Crippen LogP contribution in [0.25, 0.3) is 0 Å². The number of thioether (sulfide) groups is 1. The Morgan fingerprint density at radius 2 is 1.85 bits per heavy atom. The fourth-order valence-corrected chi connectivity index (χ4v) is 2.66. The molecule has 0 saturated heterocycles. The highest BCUT2D eigenvalue weighted by Crippen LogP contribution is 2.29. The van der Waals surface area contributed by atoms with E-state index in [0.29, 0.717) is 12.5 Å². The van der Waals surface area contributed by atoms with Crippen molar-refractivity contribution in [1.82, 2.24) is 0 Å². The van der Waals surface area contributed by atoms with Crippen LogP contribution >= 0.6 is 23.4 Å². The number of alkyl halides is 1. The first kappa shape index (κ1) is 15.1. The van der Waals surface area contributed by atoms with Crippen molar-refractivity contribution in [3.05, 3.63) is 54.1 Å². The zero-order chi connectivity index (χ0) is 14.2. The fourth-order valence-electron chi connectivity index (χ4n) is 1.74. The van der Waals surface area contributed by atoms with Crippen LogP contribution in [0.15, 0.2) is 53.4 Å². The maximum atomic E-state index is 5.84. The van der Waals surface area contributed by atoms with Gasteiger partial charge in [-0.1, -0.05) is 24.3 Å². The summed E-state index contributed by atoms with van der Waals surface area (Å²) in [4.78, 5) is 1.25. The van der Waals surface area contributed by atoms with E-state index in [0.717, 1.165) is 22.8 Å². The highest BCUT2D eigenvalue weighted by molar-refractivity contribution is 7.99. The third kappa shape index (κ3) is 4.36. The average molecular weight is 309 g/mol. The molecule has 2 nitrogen and oxygen atoms in total. The van der Waals surface area contributed by atoms with E-state index < -0.39 is 0 Å². The first-order valence-electron chi connectivity index (χ1n) is 6.37. The molecular weight excluding hydrogens is 292 g/mol. The Hall–Kier alpha value is -1.32. The van der Waals surface area contributed by atoms with Gasteiger partial charge in [0.25, 0.3) is 0 Å². The van der Waals surface area contributed by atoms with Crippen LogP contribution in [0.4, 0.5) is 0 Å². The van der Waals surface area contributed by atoms with Crippen LogP contribution < -0.4 is 9.47 Å². The van der Waals surface area contributed by atoms with Gasteiger partial charge in [0, 0.05) is 16.5 Å². The number of hydrogen-bond acceptors (Lipinski definition) is 3. The summed E-state index contributed by atoms with van der Waals surface area (Å²) in [7, 11) is 1.64. The first-order chi connectivity index (χ1) is 9.83. The minimum atomic E-state index is 0.471. The van der Waals surface area contributed by atoms with Crippen molar-refractivity contribution in [1.29, 1.82) is 0 Å². The van der Waals surface area contributed by atoms with E-state index in [1.54, 1.807) is 18.9 Å². The largest absolute Gasteiger partial charge is 0.493 e. The molecule has 0 radical (unpaired) electrons. The lowest BCUT2D eigenvalue weighted by atomic mass is 10.2. The van der Waals surface area contributed by atoms with Gasteiger partial charge in [-0.15, -0.1) is 23.4 Å². The van der Waals surface area contributed by atoms with E-state index in [1.165, 1.54) is 4.90 Å². The van der Waals surface area contributed by atoms with Gasteiger partial charge in [0.2, 0.25) is 0 Å². The Morgan fingerprint density at radius 1 is 1.05 bits per heavy atom. The lowest BCUT2D eigenvalue weighted by Crippen LogP contribution is -2.02. The number of methoxy groups -OCH3 is 1. The molecule has 0 atom stereocenters. The first-order valence-corrected chi connectivity index (χ1v) is 7.89. The van der Waals surface area contributed by atoms with Gasteiger partial charge in [0.1, 0.15) is 0 Å². The topological polar surface area (TPSA) is 18.5 Å². The molecule has 4 heteroatoms. The Labute approximate surface area is 129 Å². The molecule has 0 heterocycles. The SMILES string of the molecule is COc1ccc(CCl)cc1OCCSc1ccccc1. The molecule has 0 aromatic heterocycles. The summed E-state index contributed by atoms with van der Waals surface area (Å²) in [5.74, 6) is 2.85. The fraction of sp³-hybridized carbons (Fsp3) is 0.250. The predicted octanol–water partition coefficient (Wildman–Crippen LogP) is 4.61. The summed E-state index contributed by atoms with van der Waals surface area (Å²) in [5, 5.41) is 0. The second kappa shape index (κ2) is 8.08. The van der Waals surface area contributed by atoms with Gasteiger partial charge >= 0.3 is 0 Å². The van der Waals surface area contributed by atoms with Crippen molar-refractivity contribution in [2.45, 2.75) is 10.8 Å². The smallest absolute Gasteiger partial charge is 0.161 e. The lowest BCUT2D eigenvalue weighted by molar-refractivity contribution is 0.313. The molecule has 0 amide bonds. The number of benzene rings is 2. The van der Waals surface area contributed by atoms with Crippen molar-refractivity contribution in [2.24, 2.45) is 0 Å². The highest BCUT2D eigenvalue weighted by Gasteiger charge is 2.05. The molecule has 0 unspecified atom stereocenters. The van der Waals surface area contributed by atoms with E-state index in [9.17, 15) is 0 Å². The molecule has 0 aliphatic rings. The van der Waals surface area contributed by atoms with Gasteiger partial charge in [0.05, 0.1) is 13.7 Å². The Balaban J connectivity index is 1.87. The van der Waals surface area contributed by atoms with Crippen LogP contribution in [0.1, 0.15) is 5.56 Å². The van der Waals surface area contributed by atoms with E-state index in [2.05, 4.69) is 12.1 Å². The third-order valence-electron chi connectivity index (χ3n) is 2.74. The van der Waals surface area contributed by atoms with Crippen LogP contribution in [0.3, 0.4) is 0 Å². The van der Waals surface area contributed by atoms with Crippen LogP contribution in [-0.4, -0.2) is 19.5 Å². The summed E-state index contributed by atoms with van der Waals surface area (Å²) in [6.45, 7) is 0.627. The van der Waals surface area contributed by atoms with E-state index in [1.807, 2.05) is 36.4 Å². The maximum absolute atomic E-state index is 5.84. The quantitative estimate of drug-likeness (QED) is 0.423. The molecule has 0 saturated carbocycles. The van der Waals surface area contributed by atoms with Crippen molar-refractivity contribution in [3.8, 4) is 11.5 Å². The van der Waals surface area contributed by atoms with Gasteiger partial charge in [0.15, 0.2) is 11.5 Å². The summed E-state index contributed by atoms with van der Waals surface area (Å²) in [6.07, 6.45) is 0. The number of rotatable bonds is 7. The van der Waals surface area contributed by atoms with Crippen LogP contribution in [0, 0.1) is 0 Å². The van der Waals surface area contributed by atoms with Crippen molar-refractivity contribution >= 4 is 23.4 Å². The van der Waals surface area contributed by atoms with Crippen molar-refractivity contribution in [2.75, 3.05) is 19.5 Å². The summed E-state index contributed by atoms with van der Waals surface area (Å²) >= 11 is 7.61. The molecular formula is C16H17ClO2S. The molecule has 2 rings (SSSR count). The minimum Gasteiger partial charge on any atom is -0.493 e. The van der Waals surface area contributed by atoms with Crippen molar-refractivity contribution < 1.29 is 9.47 Å². The predicted molar refractivity (Wildman–Crippen MR) is 85.2 cm³/mol. The van der Waals surface area contributed by atoms with Gasteiger partial charge in [-0.05, 0) is 29.8 Å². The Bertz CT molecular complexity index is 531. The summed E-state index contributed by atoms with van der Waals surface area (Å²) in [5.41, 5.74) is 1.03. The van der Waals surface area contributed by atoms with Gasteiger partial charge in [-0.3, -0.25) is 0 Å². The number of hydrogen-bond donors (Lipinski definition) is 0. The second-order valence-electron chi connectivity index (χ2n) is 4.13.